The average molecular weight is 309 g/mol. The molecule has 4 N–H and O–H groups in total. The highest BCUT2D eigenvalue weighted by molar-refractivity contribution is 5.81. The summed E-state index contributed by atoms with van der Waals surface area (Å²) in [4.78, 5) is 12.0. The second-order valence-corrected chi connectivity index (χ2v) is 6.64. The second kappa shape index (κ2) is 6.18. The van der Waals surface area contributed by atoms with Crippen LogP contribution in [0, 0.1) is 5.92 Å². The Morgan fingerprint density at radius 1 is 1.32 bits per heavy atom. The van der Waals surface area contributed by atoms with Gasteiger partial charge in [0, 0.05) is 30.1 Å². The molecule has 3 aliphatic rings. The Hall–Kier alpha value is -1.11. The number of hydrogen-bond acceptors (Lipinski definition) is 5. The van der Waals surface area contributed by atoms with Crippen LogP contribution in [-0.4, -0.2) is 47.6 Å². The number of rotatable bonds is 3. The van der Waals surface area contributed by atoms with E-state index in [0.29, 0.717) is 12.5 Å². The lowest BCUT2D eigenvalue weighted by Crippen LogP contribution is -2.65. The van der Waals surface area contributed by atoms with E-state index in [1.54, 1.807) is 0 Å². The van der Waals surface area contributed by atoms with Gasteiger partial charge in [0.15, 0.2) is 0 Å². The Morgan fingerprint density at radius 3 is 2.77 bits per heavy atom. The highest BCUT2D eigenvalue weighted by Gasteiger charge is 2.47. The summed E-state index contributed by atoms with van der Waals surface area (Å²) >= 11 is 0. The Kier molecular flexibility index (Phi) is 4.43. The van der Waals surface area contributed by atoms with E-state index in [9.17, 15) is 9.90 Å². The number of aliphatic hydroxyl groups excluding tert-OH is 1. The zero-order chi connectivity index (χ0) is 15.9. The predicted octanol–water partition coefficient (Wildman–Crippen LogP) is 0.231. The molecule has 3 aliphatic heterocycles. The second-order valence-electron chi connectivity index (χ2n) is 6.64. The molecule has 22 heavy (non-hydrogen) atoms. The highest BCUT2D eigenvalue weighted by atomic mass is 16.5. The molecule has 0 aromatic heterocycles. The molecule has 3 unspecified atom stereocenters. The zero-order valence-corrected chi connectivity index (χ0v) is 13.5. The number of carbonyl (C=O) groups is 1. The first-order chi connectivity index (χ1) is 10.5. The van der Waals surface area contributed by atoms with Crippen LogP contribution in [0.2, 0.25) is 0 Å². The maximum atomic E-state index is 12.0. The molecule has 0 aromatic rings. The van der Waals surface area contributed by atoms with Crippen LogP contribution in [0.1, 0.15) is 40.0 Å². The predicted molar refractivity (Wildman–Crippen MR) is 82.9 cm³/mol. The third kappa shape index (κ3) is 2.75. The van der Waals surface area contributed by atoms with Gasteiger partial charge in [-0.1, -0.05) is 19.9 Å². The fourth-order valence-electron chi connectivity index (χ4n) is 3.98. The fourth-order valence-corrected chi connectivity index (χ4v) is 3.98. The molecule has 0 aromatic carbocycles. The van der Waals surface area contributed by atoms with Gasteiger partial charge in [-0.05, 0) is 19.8 Å². The monoisotopic (exact) mass is 309 g/mol. The van der Waals surface area contributed by atoms with Crippen molar-refractivity contribution in [3.05, 3.63) is 11.8 Å². The molecule has 1 amide bonds. The van der Waals surface area contributed by atoms with Gasteiger partial charge in [-0.15, -0.1) is 0 Å². The standard InChI is InChI=1S/C16H27N3O3/c1-4-10-9(6-8(3)17-10)14-15-18-11(13(5-2)22-14)7-12(20)16(21)19-15/h6,9-15,17-18,20H,4-5,7H2,1-3H3,(H,19,21)/t9-,10+,11?,12-,13+,14?,15?/m0/s1. The van der Waals surface area contributed by atoms with Crippen LogP contribution < -0.4 is 16.0 Å². The van der Waals surface area contributed by atoms with Gasteiger partial charge in [0.05, 0.1) is 12.2 Å². The molecule has 0 saturated carbocycles. The number of hydrogen-bond donors (Lipinski definition) is 4. The van der Waals surface area contributed by atoms with Crippen LogP contribution in [-0.2, 0) is 9.53 Å². The van der Waals surface area contributed by atoms with Crippen molar-refractivity contribution in [2.75, 3.05) is 0 Å². The number of aliphatic hydroxyl groups is 1. The molecule has 2 fully saturated rings. The first kappa shape index (κ1) is 15.8. The van der Waals surface area contributed by atoms with Gasteiger partial charge in [-0.25, -0.2) is 0 Å². The molecular formula is C16H27N3O3. The van der Waals surface area contributed by atoms with Gasteiger partial charge >= 0.3 is 0 Å². The summed E-state index contributed by atoms with van der Waals surface area (Å²) in [5.74, 6) is -0.0851. The largest absolute Gasteiger partial charge is 0.385 e. The van der Waals surface area contributed by atoms with Gasteiger partial charge in [0.25, 0.3) is 0 Å². The minimum Gasteiger partial charge on any atom is -0.385 e. The SMILES string of the molecule is CC[C@H]1OC([C@H]2C=C(C)N[C@@H]2CC)C2NC(=O)[C@@H](O)CC1N2. The van der Waals surface area contributed by atoms with Crippen molar-refractivity contribution in [3.8, 4) is 0 Å². The maximum Gasteiger partial charge on any atom is 0.250 e. The third-order valence-corrected chi connectivity index (χ3v) is 5.12. The summed E-state index contributed by atoms with van der Waals surface area (Å²) in [6.07, 6.45) is 3.17. The van der Waals surface area contributed by atoms with Crippen molar-refractivity contribution in [2.45, 2.75) is 76.6 Å². The van der Waals surface area contributed by atoms with E-state index >= 15 is 0 Å². The van der Waals surface area contributed by atoms with Crippen LogP contribution >= 0.6 is 0 Å². The molecule has 124 valence electrons. The van der Waals surface area contributed by atoms with E-state index in [-0.39, 0.29) is 36.2 Å². The molecular weight excluding hydrogens is 282 g/mol. The summed E-state index contributed by atoms with van der Waals surface area (Å²) in [7, 11) is 0. The van der Waals surface area contributed by atoms with E-state index in [2.05, 4.69) is 42.8 Å². The van der Waals surface area contributed by atoms with Gasteiger partial charge in [0.2, 0.25) is 5.91 Å². The smallest absolute Gasteiger partial charge is 0.250 e. The quantitative estimate of drug-likeness (QED) is 0.600. The van der Waals surface area contributed by atoms with E-state index in [1.807, 2.05) is 0 Å². The zero-order valence-electron chi connectivity index (χ0n) is 13.5. The summed E-state index contributed by atoms with van der Waals surface area (Å²) in [6, 6.07) is 0.339. The van der Waals surface area contributed by atoms with Gasteiger partial charge in [-0.3, -0.25) is 10.1 Å². The van der Waals surface area contributed by atoms with Crippen LogP contribution in [0.5, 0.6) is 0 Å². The number of morpholine rings is 1. The molecule has 2 bridgehead atoms. The highest BCUT2D eigenvalue weighted by Crippen LogP contribution is 2.32. The Balaban J connectivity index is 1.86. The number of ether oxygens (including phenoxy) is 1. The Bertz CT molecular complexity index is 468. The minimum atomic E-state index is -0.958. The van der Waals surface area contributed by atoms with Crippen LogP contribution in [0.4, 0.5) is 0 Å². The number of carbonyl (C=O) groups excluding carboxylic acids is 1. The molecule has 3 rings (SSSR count). The Labute approximate surface area is 131 Å². The average Bonchev–Trinajstić information content (AvgIpc) is 2.82. The van der Waals surface area contributed by atoms with E-state index in [0.717, 1.165) is 18.5 Å². The summed E-state index contributed by atoms with van der Waals surface area (Å²) < 4.78 is 6.37. The summed E-state index contributed by atoms with van der Waals surface area (Å²) in [5.41, 5.74) is 1.16. The molecule has 0 spiro atoms. The lowest BCUT2D eigenvalue weighted by atomic mass is 9.89. The number of allylic oxidation sites excluding steroid dienone is 1. The molecule has 0 radical (unpaired) electrons. The summed E-state index contributed by atoms with van der Waals surface area (Å²) in [5, 5.41) is 19.9. The van der Waals surface area contributed by atoms with E-state index in [4.69, 9.17) is 4.74 Å². The van der Waals surface area contributed by atoms with Crippen LogP contribution in [0.3, 0.4) is 0 Å². The topological polar surface area (TPSA) is 82.6 Å². The summed E-state index contributed by atoms with van der Waals surface area (Å²) in [6.45, 7) is 6.30. The van der Waals surface area contributed by atoms with Crippen molar-refractivity contribution in [1.82, 2.24) is 16.0 Å². The lowest BCUT2D eigenvalue weighted by molar-refractivity contribution is -0.132. The number of amides is 1. The first-order valence-corrected chi connectivity index (χ1v) is 8.38. The van der Waals surface area contributed by atoms with Gasteiger partial charge in [0.1, 0.15) is 12.3 Å². The minimum absolute atomic E-state index is 0.0136. The Morgan fingerprint density at radius 2 is 2.09 bits per heavy atom. The van der Waals surface area contributed by atoms with Crippen molar-refractivity contribution >= 4 is 5.91 Å². The first-order valence-electron chi connectivity index (χ1n) is 8.38. The van der Waals surface area contributed by atoms with Crippen LogP contribution in [0.15, 0.2) is 11.8 Å². The van der Waals surface area contributed by atoms with E-state index in [1.165, 1.54) is 0 Å². The molecule has 6 heteroatoms. The molecule has 3 heterocycles. The molecule has 2 saturated heterocycles. The van der Waals surface area contributed by atoms with Crippen LogP contribution in [0.25, 0.3) is 0 Å². The molecule has 0 aliphatic carbocycles. The maximum absolute atomic E-state index is 12.0. The van der Waals surface area contributed by atoms with Crippen molar-refractivity contribution in [2.24, 2.45) is 5.92 Å². The van der Waals surface area contributed by atoms with Gasteiger partial charge in [-0.2, -0.15) is 0 Å². The normalized spacial score (nSPS) is 44.8. The van der Waals surface area contributed by atoms with E-state index < -0.39 is 6.10 Å². The third-order valence-electron chi connectivity index (χ3n) is 5.12. The number of nitrogens with one attached hydrogen (secondary N) is 3. The molecule has 6 nitrogen and oxygen atoms in total. The fraction of sp³-hybridized carbons (Fsp3) is 0.812. The van der Waals surface area contributed by atoms with Crippen molar-refractivity contribution in [3.63, 3.8) is 0 Å². The lowest BCUT2D eigenvalue weighted by Gasteiger charge is -2.44. The molecule has 7 atom stereocenters. The van der Waals surface area contributed by atoms with Gasteiger partial charge < -0.3 is 20.5 Å². The van der Waals surface area contributed by atoms with Crippen molar-refractivity contribution in [1.29, 1.82) is 0 Å². The van der Waals surface area contributed by atoms with Crippen molar-refractivity contribution < 1.29 is 14.6 Å². The number of fused-ring (bicyclic) bond motifs is 2.